The van der Waals surface area contributed by atoms with Crippen LogP contribution in [0.15, 0.2) is 24.3 Å². The predicted molar refractivity (Wildman–Crippen MR) is 43.2 cm³/mol. The molecule has 5 heteroatoms. The fraction of sp³-hybridized carbons (Fsp3) is 0. The van der Waals surface area contributed by atoms with Crippen molar-refractivity contribution >= 4 is 17.0 Å². The average Bonchev–Trinajstić information content (AvgIpc) is 2.45. The van der Waals surface area contributed by atoms with Crippen LogP contribution in [0.2, 0.25) is 0 Å². The lowest BCUT2D eigenvalue weighted by atomic mass is 10.3. The van der Waals surface area contributed by atoms with Crippen molar-refractivity contribution in [3.63, 3.8) is 0 Å². The highest BCUT2D eigenvalue weighted by atomic mass is 19.2. The zero-order valence-corrected chi connectivity index (χ0v) is 6.44. The van der Waals surface area contributed by atoms with E-state index in [0.717, 1.165) is 0 Å². The van der Waals surface area contributed by atoms with Gasteiger partial charge in [0.2, 0.25) is 5.82 Å². The molecule has 66 valence electrons. The van der Waals surface area contributed by atoms with Gasteiger partial charge in [0.15, 0.2) is 0 Å². The second kappa shape index (κ2) is 2.55. The quantitative estimate of drug-likeness (QED) is 0.722. The van der Waals surface area contributed by atoms with E-state index in [4.69, 9.17) is 5.11 Å². The molecule has 0 saturated carbocycles. The summed E-state index contributed by atoms with van der Waals surface area (Å²) >= 11 is 0. The van der Waals surface area contributed by atoms with Gasteiger partial charge >= 0.3 is 5.97 Å². The van der Waals surface area contributed by atoms with Gasteiger partial charge in [-0.2, -0.15) is 4.79 Å². The normalized spacial score (nSPS) is 10.5. The van der Waals surface area contributed by atoms with E-state index >= 15 is 0 Å². The van der Waals surface area contributed by atoms with Crippen molar-refractivity contribution in [3.8, 4) is 0 Å². The third-order valence-corrected chi connectivity index (χ3v) is 1.70. The van der Waals surface area contributed by atoms with Gasteiger partial charge in [0, 0.05) is 0 Å². The Balaban J connectivity index is 2.81. The maximum atomic E-state index is 13.2. The van der Waals surface area contributed by atoms with E-state index in [-0.39, 0.29) is 10.3 Å². The molecule has 0 amide bonds. The minimum Gasteiger partial charge on any atom is -0.475 e. The molecular weight excluding hydrogens is 175 g/mol. The smallest absolute Gasteiger partial charge is 0.374 e. The average molecular weight is 180 g/mol. The zero-order chi connectivity index (χ0) is 9.42. The first-order valence-corrected chi connectivity index (χ1v) is 3.57. The van der Waals surface area contributed by atoms with Crippen LogP contribution in [-0.2, 0) is 0 Å². The molecule has 0 aliphatic rings. The van der Waals surface area contributed by atoms with E-state index < -0.39 is 11.8 Å². The van der Waals surface area contributed by atoms with Gasteiger partial charge in [0.1, 0.15) is 5.52 Å². The monoisotopic (exact) mass is 180 g/mol. The van der Waals surface area contributed by atoms with Crippen LogP contribution in [0.5, 0.6) is 0 Å². The molecule has 0 unspecified atom stereocenters. The van der Waals surface area contributed by atoms with E-state index in [9.17, 15) is 9.28 Å². The van der Waals surface area contributed by atoms with Gasteiger partial charge in [0.25, 0.3) is 0 Å². The molecule has 0 bridgehead atoms. The molecule has 0 saturated heterocycles. The molecule has 1 aromatic carbocycles. The van der Waals surface area contributed by atoms with Crippen molar-refractivity contribution in [3.05, 3.63) is 30.1 Å². The molecular formula is C8H5FN2O2. The van der Waals surface area contributed by atoms with Crippen LogP contribution >= 0.6 is 0 Å². The standard InChI is InChI=1S/C8H5FN2O2/c9-11-6-4-2-1-3-5(6)10-7(11)8(12)13/h1-4H,(H,12,13). The molecule has 0 spiro atoms. The summed E-state index contributed by atoms with van der Waals surface area (Å²) in [5.41, 5.74) is 0.502. The maximum Gasteiger partial charge on any atom is 0.374 e. The number of carboxylic acid groups (broad SMARTS) is 1. The number of fused-ring (bicyclic) bond motifs is 1. The first-order chi connectivity index (χ1) is 6.20. The van der Waals surface area contributed by atoms with Gasteiger partial charge in [-0.15, -0.1) is 0 Å². The summed E-state index contributed by atoms with van der Waals surface area (Å²) in [5.74, 6) is -1.97. The van der Waals surface area contributed by atoms with Crippen molar-refractivity contribution in [2.45, 2.75) is 0 Å². The lowest BCUT2D eigenvalue weighted by Crippen LogP contribution is -2.03. The van der Waals surface area contributed by atoms with E-state index in [1.807, 2.05) is 0 Å². The molecule has 1 aromatic heterocycles. The van der Waals surface area contributed by atoms with Crippen LogP contribution in [0.1, 0.15) is 10.6 Å². The lowest BCUT2D eigenvalue weighted by molar-refractivity contribution is 0.0667. The van der Waals surface area contributed by atoms with Crippen molar-refractivity contribution in [2.24, 2.45) is 0 Å². The Labute approximate surface area is 72.2 Å². The third kappa shape index (κ3) is 1.05. The summed E-state index contributed by atoms with van der Waals surface area (Å²) in [6.45, 7) is 0. The highest BCUT2D eigenvalue weighted by molar-refractivity contribution is 5.89. The topological polar surface area (TPSA) is 55.1 Å². The second-order valence-corrected chi connectivity index (χ2v) is 2.51. The molecule has 2 aromatic rings. The van der Waals surface area contributed by atoms with Gasteiger partial charge in [-0.05, 0) is 12.1 Å². The summed E-state index contributed by atoms with van der Waals surface area (Å²) in [5, 5.41) is 8.54. The Hall–Kier alpha value is -1.91. The number of carbonyl (C=O) groups is 1. The minimum atomic E-state index is -1.38. The van der Waals surface area contributed by atoms with Crippen molar-refractivity contribution in [1.82, 2.24) is 9.77 Å². The van der Waals surface area contributed by atoms with Crippen LogP contribution in [0.25, 0.3) is 11.0 Å². The van der Waals surface area contributed by atoms with Crippen LogP contribution in [0, 0.1) is 0 Å². The van der Waals surface area contributed by atoms with Crippen LogP contribution in [0.4, 0.5) is 4.48 Å². The van der Waals surface area contributed by atoms with Gasteiger partial charge in [-0.1, -0.05) is 16.6 Å². The number of hydrogen-bond donors (Lipinski definition) is 1. The number of para-hydroxylation sites is 2. The first-order valence-electron chi connectivity index (χ1n) is 3.57. The number of aromatic carboxylic acids is 1. The SMILES string of the molecule is O=C(O)c1nc2ccccc2n1F. The van der Waals surface area contributed by atoms with Crippen molar-refractivity contribution in [2.75, 3.05) is 0 Å². The lowest BCUT2D eigenvalue weighted by Gasteiger charge is -1.89. The zero-order valence-electron chi connectivity index (χ0n) is 6.44. The van der Waals surface area contributed by atoms with Crippen LogP contribution in [-0.4, -0.2) is 20.8 Å². The number of benzene rings is 1. The Morgan fingerprint density at radius 3 is 2.77 bits per heavy atom. The molecule has 4 nitrogen and oxygen atoms in total. The summed E-state index contributed by atoms with van der Waals surface area (Å²) in [6, 6.07) is 6.30. The predicted octanol–water partition coefficient (Wildman–Crippen LogP) is 1.47. The molecule has 0 aliphatic heterocycles. The Bertz CT molecular complexity index is 478. The van der Waals surface area contributed by atoms with Crippen LogP contribution < -0.4 is 0 Å². The van der Waals surface area contributed by atoms with Crippen LogP contribution in [0.3, 0.4) is 0 Å². The largest absolute Gasteiger partial charge is 0.475 e. The molecule has 0 radical (unpaired) electrons. The maximum absolute atomic E-state index is 13.2. The number of imidazole rings is 1. The summed E-state index contributed by atoms with van der Waals surface area (Å²) < 4.78 is 13.2. The van der Waals surface area contributed by atoms with Gasteiger partial charge in [-0.25, -0.2) is 9.78 Å². The van der Waals surface area contributed by atoms with Crippen molar-refractivity contribution in [1.29, 1.82) is 0 Å². The fourth-order valence-corrected chi connectivity index (χ4v) is 1.13. The Kier molecular flexibility index (Phi) is 1.51. The van der Waals surface area contributed by atoms with E-state index in [1.54, 1.807) is 18.2 Å². The fourth-order valence-electron chi connectivity index (χ4n) is 1.13. The van der Waals surface area contributed by atoms with Gasteiger partial charge < -0.3 is 5.11 Å². The molecule has 1 N–H and O–H groups in total. The number of rotatable bonds is 1. The molecule has 0 fully saturated rings. The second-order valence-electron chi connectivity index (χ2n) is 2.51. The van der Waals surface area contributed by atoms with E-state index in [1.165, 1.54) is 6.07 Å². The Morgan fingerprint density at radius 2 is 2.15 bits per heavy atom. The van der Waals surface area contributed by atoms with E-state index in [0.29, 0.717) is 5.52 Å². The van der Waals surface area contributed by atoms with Crippen molar-refractivity contribution < 1.29 is 14.4 Å². The number of aromatic nitrogens is 2. The number of hydrogen-bond acceptors (Lipinski definition) is 2. The number of halogens is 1. The summed E-state index contributed by atoms with van der Waals surface area (Å²) in [6.07, 6.45) is 0. The molecule has 13 heavy (non-hydrogen) atoms. The van der Waals surface area contributed by atoms with Gasteiger partial charge in [-0.3, -0.25) is 0 Å². The molecule has 0 aliphatic carbocycles. The molecule has 2 rings (SSSR count). The van der Waals surface area contributed by atoms with E-state index in [2.05, 4.69) is 4.98 Å². The first kappa shape index (κ1) is 7.72. The highest BCUT2D eigenvalue weighted by Gasteiger charge is 2.15. The van der Waals surface area contributed by atoms with Gasteiger partial charge in [0.05, 0.1) is 5.52 Å². The summed E-state index contributed by atoms with van der Waals surface area (Å²) in [7, 11) is 0. The number of carboxylic acids is 1. The Morgan fingerprint density at radius 1 is 1.46 bits per heavy atom. The highest BCUT2D eigenvalue weighted by Crippen LogP contribution is 2.15. The molecule has 1 heterocycles. The summed E-state index contributed by atoms with van der Waals surface area (Å²) in [4.78, 5) is 14.1. The number of nitrogens with zero attached hydrogens (tertiary/aromatic N) is 2. The third-order valence-electron chi connectivity index (χ3n) is 1.70. The molecule has 0 atom stereocenters. The minimum absolute atomic E-state index is 0.0671.